The maximum Gasteiger partial charge on any atom is 0.332 e. The second-order valence-corrected chi connectivity index (χ2v) is 5.25. The Bertz CT molecular complexity index is 364. The zero-order chi connectivity index (χ0) is 12.9. The van der Waals surface area contributed by atoms with Crippen LogP contribution in [0.5, 0.6) is 0 Å². The summed E-state index contributed by atoms with van der Waals surface area (Å²) in [4.78, 5) is 21.1. The Morgan fingerprint density at radius 1 is 1.41 bits per heavy atom. The van der Waals surface area contributed by atoms with E-state index in [4.69, 9.17) is 4.84 Å². The van der Waals surface area contributed by atoms with E-state index in [0.717, 1.165) is 25.1 Å². The SMILES string of the molecule is CCCCCC(=O)On1ccnc1C(C)(C)C. The van der Waals surface area contributed by atoms with Crippen LogP contribution in [0.25, 0.3) is 0 Å². The molecule has 0 aliphatic carbocycles. The van der Waals surface area contributed by atoms with Crippen LogP contribution in [-0.4, -0.2) is 15.7 Å². The number of carbonyl (C=O) groups is 1. The average molecular weight is 238 g/mol. The third kappa shape index (κ3) is 4.21. The van der Waals surface area contributed by atoms with Gasteiger partial charge in [-0.2, -0.15) is 4.73 Å². The van der Waals surface area contributed by atoms with E-state index in [1.165, 1.54) is 4.73 Å². The summed E-state index contributed by atoms with van der Waals surface area (Å²) in [5.41, 5.74) is -0.132. The smallest absolute Gasteiger partial charge is 0.332 e. The molecule has 0 saturated carbocycles. The van der Waals surface area contributed by atoms with Crippen LogP contribution in [-0.2, 0) is 10.2 Å². The largest absolute Gasteiger partial charge is 0.335 e. The van der Waals surface area contributed by atoms with Crippen molar-refractivity contribution in [1.29, 1.82) is 0 Å². The lowest BCUT2D eigenvalue weighted by molar-refractivity contribution is -0.144. The number of nitrogens with zero attached hydrogens (tertiary/aromatic N) is 2. The summed E-state index contributed by atoms with van der Waals surface area (Å²) in [6.07, 6.45) is 6.85. The molecule has 0 radical (unpaired) electrons. The molecular weight excluding hydrogens is 216 g/mol. The molecular formula is C13H22N2O2. The predicted molar refractivity (Wildman–Crippen MR) is 66.7 cm³/mol. The van der Waals surface area contributed by atoms with Crippen molar-refractivity contribution in [3.8, 4) is 0 Å². The summed E-state index contributed by atoms with van der Waals surface area (Å²) in [6.45, 7) is 8.23. The van der Waals surface area contributed by atoms with Crippen LogP contribution in [0.4, 0.5) is 0 Å². The molecule has 1 aromatic heterocycles. The first-order chi connectivity index (χ1) is 7.95. The van der Waals surface area contributed by atoms with Gasteiger partial charge in [-0.1, -0.05) is 40.5 Å². The quantitative estimate of drug-likeness (QED) is 0.741. The topological polar surface area (TPSA) is 44.1 Å². The molecule has 0 bridgehead atoms. The van der Waals surface area contributed by atoms with Crippen LogP contribution in [0.1, 0.15) is 59.2 Å². The number of unbranched alkanes of at least 4 members (excludes halogenated alkanes) is 2. The Labute approximate surface area is 103 Å². The Hall–Kier alpha value is -1.32. The average Bonchev–Trinajstić information content (AvgIpc) is 2.65. The summed E-state index contributed by atoms with van der Waals surface area (Å²) < 4.78 is 1.48. The van der Waals surface area contributed by atoms with E-state index in [2.05, 4.69) is 11.9 Å². The van der Waals surface area contributed by atoms with Crippen molar-refractivity contribution in [3.05, 3.63) is 18.2 Å². The van der Waals surface area contributed by atoms with Crippen molar-refractivity contribution in [2.24, 2.45) is 0 Å². The first-order valence-electron chi connectivity index (χ1n) is 6.20. The zero-order valence-electron chi connectivity index (χ0n) is 11.2. The van der Waals surface area contributed by atoms with Crippen LogP contribution in [0.2, 0.25) is 0 Å². The van der Waals surface area contributed by atoms with Crippen molar-refractivity contribution in [3.63, 3.8) is 0 Å². The Morgan fingerprint density at radius 2 is 2.12 bits per heavy atom. The van der Waals surface area contributed by atoms with Crippen molar-refractivity contribution < 1.29 is 9.63 Å². The van der Waals surface area contributed by atoms with Gasteiger partial charge in [0.05, 0.1) is 6.20 Å². The minimum absolute atomic E-state index is 0.132. The summed E-state index contributed by atoms with van der Waals surface area (Å²) in [5.74, 6) is 0.572. The molecule has 4 nitrogen and oxygen atoms in total. The maximum absolute atomic E-state index is 11.6. The van der Waals surface area contributed by atoms with E-state index in [9.17, 15) is 4.79 Å². The van der Waals surface area contributed by atoms with E-state index in [1.807, 2.05) is 20.8 Å². The van der Waals surface area contributed by atoms with Gasteiger partial charge in [0.2, 0.25) is 0 Å². The van der Waals surface area contributed by atoms with E-state index >= 15 is 0 Å². The molecule has 96 valence electrons. The molecule has 1 heterocycles. The number of rotatable bonds is 5. The first-order valence-corrected chi connectivity index (χ1v) is 6.20. The Balaban J connectivity index is 2.57. The first kappa shape index (κ1) is 13.7. The molecule has 0 aliphatic rings. The second kappa shape index (κ2) is 5.84. The van der Waals surface area contributed by atoms with Gasteiger partial charge in [-0.3, -0.25) is 0 Å². The fourth-order valence-corrected chi connectivity index (χ4v) is 1.56. The summed E-state index contributed by atoms with van der Waals surface area (Å²) in [7, 11) is 0. The number of hydrogen-bond acceptors (Lipinski definition) is 3. The predicted octanol–water partition coefficient (Wildman–Crippen LogP) is 2.72. The molecule has 0 aromatic carbocycles. The molecule has 0 atom stereocenters. The monoisotopic (exact) mass is 238 g/mol. The van der Waals surface area contributed by atoms with Gasteiger partial charge in [-0.25, -0.2) is 9.78 Å². The highest BCUT2D eigenvalue weighted by molar-refractivity contribution is 5.69. The van der Waals surface area contributed by atoms with Crippen LogP contribution >= 0.6 is 0 Å². The van der Waals surface area contributed by atoms with Crippen molar-refractivity contribution in [2.75, 3.05) is 0 Å². The summed E-state index contributed by atoms with van der Waals surface area (Å²) >= 11 is 0. The number of aromatic nitrogens is 2. The molecule has 1 aromatic rings. The van der Waals surface area contributed by atoms with Gasteiger partial charge in [0.15, 0.2) is 5.82 Å². The van der Waals surface area contributed by atoms with Crippen LogP contribution in [0, 0.1) is 0 Å². The van der Waals surface area contributed by atoms with Gasteiger partial charge in [-0.15, -0.1) is 0 Å². The van der Waals surface area contributed by atoms with Crippen LogP contribution in [0.15, 0.2) is 12.4 Å². The molecule has 0 saturated heterocycles. The van der Waals surface area contributed by atoms with Crippen molar-refractivity contribution >= 4 is 5.97 Å². The Morgan fingerprint density at radius 3 is 2.71 bits per heavy atom. The minimum Gasteiger partial charge on any atom is -0.335 e. The second-order valence-electron chi connectivity index (χ2n) is 5.25. The van der Waals surface area contributed by atoms with Gasteiger partial charge in [0.25, 0.3) is 0 Å². The molecule has 0 fully saturated rings. The molecule has 0 spiro atoms. The van der Waals surface area contributed by atoms with Crippen molar-refractivity contribution in [1.82, 2.24) is 9.71 Å². The van der Waals surface area contributed by atoms with E-state index in [1.54, 1.807) is 12.4 Å². The van der Waals surface area contributed by atoms with Gasteiger partial charge in [-0.05, 0) is 6.42 Å². The fourth-order valence-electron chi connectivity index (χ4n) is 1.56. The molecule has 0 aliphatic heterocycles. The van der Waals surface area contributed by atoms with E-state index in [-0.39, 0.29) is 11.4 Å². The number of hydrogen-bond donors (Lipinski definition) is 0. The highest BCUT2D eigenvalue weighted by Crippen LogP contribution is 2.19. The number of imidazole rings is 1. The molecule has 0 N–H and O–H groups in total. The van der Waals surface area contributed by atoms with Gasteiger partial charge >= 0.3 is 5.97 Å². The van der Waals surface area contributed by atoms with Gasteiger partial charge in [0.1, 0.15) is 0 Å². The normalized spacial score (nSPS) is 11.5. The minimum atomic E-state index is -0.193. The highest BCUT2D eigenvalue weighted by atomic mass is 16.7. The van der Waals surface area contributed by atoms with E-state index < -0.39 is 0 Å². The third-order valence-electron chi connectivity index (χ3n) is 2.46. The van der Waals surface area contributed by atoms with Crippen LogP contribution in [0.3, 0.4) is 0 Å². The van der Waals surface area contributed by atoms with Crippen LogP contribution < -0.4 is 4.84 Å². The lowest BCUT2D eigenvalue weighted by atomic mass is 9.96. The van der Waals surface area contributed by atoms with Crippen molar-refractivity contribution in [2.45, 2.75) is 58.8 Å². The lowest BCUT2D eigenvalue weighted by Gasteiger charge is -2.18. The molecule has 4 heteroatoms. The summed E-state index contributed by atoms with van der Waals surface area (Å²) in [5, 5.41) is 0. The number of carbonyl (C=O) groups excluding carboxylic acids is 1. The zero-order valence-corrected chi connectivity index (χ0v) is 11.2. The lowest BCUT2D eigenvalue weighted by Crippen LogP contribution is -2.26. The molecule has 0 unspecified atom stereocenters. The third-order valence-corrected chi connectivity index (χ3v) is 2.46. The standard InChI is InChI=1S/C13H22N2O2/c1-5-6-7-8-11(16)17-15-10-9-14-12(15)13(2,3)4/h9-10H,5-8H2,1-4H3. The molecule has 0 amide bonds. The Kier molecular flexibility index (Phi) is 4.73. The fraction of sp³-hybridized carbons (Fsp3) is 0.692. The summed E-state index contributed by atoms with van der Waals surface area (Å²) in [6, 6.07) is 0. The molecule has 1 rings (SSSR count). The van der Waals surface area contributed by atoms with E-state index in [0.29, 0.717) is 6.42 Å². The van der Waals surface area contributed by atoms with Gasteiger partial charge < -0.3 is 4.84 Å². The highest BCUT2D eigenvalue weighted by Gasteiger charge is 2.21. The maximum atomic E-state index is 11.6. The molecule has 17 heavy (non-hydrogen) atoms. The van der Waals surface area contributed by atoms with Gasteiger partial charge in [0, 0.05) is 18.0 Å².